The molecule has 1 saturated heterocycles. The topological polar surface area (TPSA) is 102 Å². The van der Waals surface area contributed by atoms with Gasteiger partial charge < -0.3 is 19.7 Å². The van der Waals surface area contributed by atoms with Crippen molar-refractivity contribution < 1.29 is 32.3 Å². The first-order chi connectivity index (χ1) is 12.9. The Kier molecular flexibility index (Phi) is 6.25. The van der Waals surface area contributed by atoms with Gasteiger partial charge in [0.05, 0.1) is 18.1 Å². The summed E-state index contributed by atoms with van der Waals surface area (Å²) in [6, 6.07) is 15.3. The van der Waals surface area contributed by atoms with Crippen LogP contribution in [0.15, 0.2) is 59.5 Å². The molecule has 27 heavy (non-hydrogen) atoms. The number of hydrogen-bond donors (Lipinski definition) is 2. The predicted molar refractivity (Wildman–Crippen MR) is 96.2 cm³/mol. The molecule has 0 radical (unpaired) electrons. The van der Waals surface area contributed by atoms with Crippen LogP contribution in [0.1, 0.15) is 11.1 Å². The summed E-state index contributed by atoms with van der Waals surface area (Å²) in [6.45, 7) is 1.78. The molecule has 2 N–H and O–H groups in total. The first-order valence-electron chi connectivity index (χ1n) is 8.50. The van der Waals surface area contributed by atoms with Crippen molar-refractivity contribution in [2.45, 2.75) is 43.0 Å². The number of rotatable bonds is 6. The van der Waals surface area contributed by atoms with Crippen molar-refractivity contribution in [2.75, 3.05) is 6.61 Å². The van der Waals surface area contributed by atoms with E-state index < -0.39 is 34.7 Å². The summed E-state index contributed by atoms with van der Waals surface area (Å²) in [6.07, 6.45) is -5.30. The van der Waals surface area contributed by atoms with Crippen molar-refractivity contribution in [1.29, 1.82) is 0 Å². The van der Waals surface area contributed by atoms with Crippen LogP contribution < -0.4 is 0 Å². The molecule has 0 aromatic heterocycles. The Labute approximate surface area is 158 Å². The molecule has 0 saturated carbocycles. The van der Waals surface area contributed by atoms with Crippen LogP contribution in [0, 0.1) is 6.92 Å². The molecule has 0 bridgehead atoms. The number of benzene rings is 2. The predicted octanol–water partition coefficient (Wildman–Crippen LogP) is 1.36. The number of aliphatic hydroxyl groups excluding tert-OH is 2. The second-order valence-corrected chi connectivity index (χ2v) is 7.96. The number of hydrogen-bond acceptors (Lipinski definition) is 7. The van der Waals surface area contributed by atoms with Crippen molar-refractivity contribution in [1.82, 2.24) is 0 Å². The molecule has 1 heterocycles. The highest BCUT2D eigenvalue weighted by Crippen LogP contribution is 2.25. The van der Waals surface area contributed by atoms with Crippen LogP contribution in [0.5, 0.6) is 0 Å². The largest absolute Gasteiger partial charge is 0.388 e. The zero-order valence-electron chi connectivity index (χ0n) is 14.8. The normalized spacial score (nSPS) is 26.0. The van der Waals surface area contributed by atoms with E-state index in [2.05, 4.69) is 0 Å². The van der Waals surface area contributed by atoms with Gasteiger partial charge in [0, 0.05) is 0 Å². The van der Waals surface area contributed by atoms with Crippen LogP contribution in [-0.4, -0.2) is 49.8 Å². The van der Waals surface area contributed by atoms with Gasteiger partial charge in [-0.25, -0.2) is 0 Å². The summed E-state index contributed by atoms with van der Waals surface area (Å²) < 4.78 is 41.3. The molecular formula is C19H22O7S. The third kappa shape index (κ3) is 4.92. The Hall–Kier alpha value is -1.81. The first-order valence-corrected chi connectivity index (χ1v) is 9.91. The average Bonchev–Trinajstić information content (AvgIpc) is 2.66. The zero-order chi connectivity index (χ0) is 19.4. The smallest absolute Gasteiger partial charge is 0.297 e. The van der Waals surface area contributed by atoms with E-state index >= 15 is 0 Å². The average molecular weight is 394 g/mol. The fourth-order valence-corrected chi connectivity index (χ4v) is 3.75. The van der Waals surface area contributed by atoms with Crippen LogP contribution in [0.3, 0.4) is 0 Å². The zero-order valence-corrected chi connectivity index (χ0v) is 15.6. The summed E-state index contributed by atoms with van der Waals surface area (Å²) in [5.74, 6) is 0. The van der Waals surface area contributed by atoms with Gasteiger partial charge in [0.15, 0.2) is 12.4 Å². The third-order valence-electron chi connectivity index (χ3n) is 4.23. The van der Waals surface area contributed by atoms with Crippen molar-refractivity contribution in [3.8, 4) is 0 Å². The first kappa shape index (κ1) is 19.9. The molecule has 4 atom stereocenters. The molecule has 2 aromatic carbocycles. The molecule has 0 aliphatic carbocycles. The van der Waals surface area contributed by atoms with E-state index in [1.54, 1.807) is 12.1 Å². The summed E-state index contributed by atoms with van der Waals surface area (Å²) in [5.41, 5.74) is 1.75. The number of aryl methyl sites for hydroxylation is 1. The maximum atomic E-state index is 12.6. The lowest BCUT2D eigenvalue weighted by Crippen LogP contribution is -2.55. The van der Waals surface area contributed by atoms with Gasteiger partial charge in [-0.05, 0) is 24.6 Å². The van der Waals surface area contributed by atoms with E-state index in [1.807, 2.05) is 37.3 Å². The number of ether oxygens (including phenoxy) is 2. The highest BCUT2D eigenvalue weighted by molar-refractivity contribution is 7.86. The Morgan fingerprint density at radius 1 is 1.07 bits per heavy atom. The summed E-state index contributed by atoms with van der Waals surface area (Å²) in [4.78, 5) is -0.0535. The molecule has 8 heteroatoms. The van der Waals surface area contributed by atoms with Gasteiger partial charge in [-0.3, -0.25) is 4.18 Å². The highest BCUT2D eigenvalue weighted by atomic mass is 32.2. The lowest BCUT2D eigenvalue weighted by molar-refractivity contribution is -0.266. The minimum atomic E-state index is -4.18. The third-order valence-corrected chi connectivity index (χ3v) is 5.56. The molecule has 0 unspecified atom stereocenters. The van der Waals surface area contributed by atoms with Crippen LogP contribution in [0.4, 0.5) is 0 Å². The minimum absolute atomic E-state index is 0.0535. The molecular weight excluding hydrogens is 372 g/mol. The monoisotopic (exact) mass is 394 g/mol. The highest BCUT2D eigenvalue weighted by Gasteiger charge is 2.43. The number of aliphatic hydroxyl groups is 2. The summed E-state index contributed by atoms with van der Waals surface area (Å²) in [7, 11) is -4.18. The standard InChI is InChI=1S/C19H22O7S/c1-13-7-9-15(10-8-13)27(22,23)26-18-17(21)16(20)12-25-19(18)24-11-14-5-3-2-4-6-14/h2-10,16-21H,11-12H2,1H3/t16-,17-,18+,19+/m1/s1. The van der Waals surface area contributed by atoms with E-state index in [0.717, 1.165) is 11.1 Å². The van der Waals surface area contributed by atoms with Crippen molar-refractivity contribution >= 4 is 10.1 Å². The van der Waals surface area contributed by atoms with Crippen LogP contribution in [0.2, 0.25) is 0 Å². The van der Waals surface area contributed by atoms with Crippen molar-refractivity contribution in [3.05, 3.63) is 65.7 Å². The Morgan fingerprint density at radius 2 is 1.74 bits per heavy atom. The molecule has 3 rings (SSSR count). The molecule has 1 fully saturated rings. The SMILES string of the molecule is Cc1ccc(S(=O)(=O)O[C@@H]2[C@@H](OCc3ccccc3)OC[C@@H](O)[C@H]2O)cc1. The van der Waals surface area contributed by atoms with Gasteiger partial charge in [-0.1, -0.05) is 48.0 Å². The van der Waals surface area contributed by atoms with Gasteiger partial charge in [0.25, 0.3) is 10.1 Å². The van der Waals surface area contributed by atoms with Gasteiger partial charge in [0.2, 0.25) is 0 Å². The second-order valence-electron chi connectivity index (χ2n) is 6.38. The molecule has 146 valence electrons. The summed E-state index contributed by atoms with van der Waals surface area (Å²) in [5, 5.41) is 20.1. The molecule has 0 spiro atoms. The van der Waals surface area contributed by atoms with Crippen LogP contribution >= 0.6 is 0 Å². The van der Waals surface area contributed by atoms with E-state index in [4.69, 9.17) is 13.7 Å². The quantitative estimate of drug-likeness (QED) is 0.713. The Bertz CT molecular complexity index is 836. The molecule has 1 aliphatic rings. The molecule has 2 aromatic rings. The Morgan fingerprint density at radius 3 is 2.41 bits per heavy atom. The Balaban J connectivity index is 1.76. The van der Waals surface area contributed by atoms with E-state index in [0.29, 0.717) is 0 Å². The second kappa shape index (κ2) is 8.47. The van der Waals surface area contributed by atoms with Crippen LogP contribution in [0.25, 0.3) is 0 Å². The molecule has 0 amide bonds. The molecule has 1 aliphatic heterocycles. The van der Waals surface area contributed by atoms with Crippen molar-refractivity contribution in [2.24, 2.45) is 0 Å². The fraction of sp³-hybridized carbons (Fsp3) is 0.368. The van der Waals surface area contributed by atoms with Gasteiger partial charge in [-0.15, -0.1) is 0 Å². The van der Waals surface area contributed by atoms with Gasteiger partial charge in [-0.2, -0.15) is 8.42 Å². The van der Waals surface area contributed by atoms with Crippen LogP contribution in [-0.2, 0) is 30.4 Å². The van der Waals surface area contributed by atoms with E-state index in [1.165, 1.54) is 12.1 Å². The molecule has 7 nitrogen and oxygen atoms in total. The minimum Gasteiger partial charge on any atom is -0.388 e. The van der Waals surface area contributed by atoms with Gasteiger partial charge >= 0.3 is 0 Å². The maximum Gasteiger partial charge on any atom is 0.297 e. The fourth-order valence-electron chi connectivity index (χ4n) is 2.67. The van der Waals surface area contributed by atoms with Gasteiger partial charge in [0.1, 0.15) is 12.2 Å². The van der Waals surface area contributed by atoms with E-state index in [-0.39, 0.29) is 18.1 Å². The van der Waals surface area contributed by atoms with Crippen molar-refractivity contribution in [3.63, 3.8) is 0 Å². The maximum absolute atomic E-state index is 12.6. The lowest BCUT2D eigenvalue weighted by atomic mass is 10.1. The lowest BCUT2D eigenvalue weighted by Gasteiger charge is -2.37. The summed E-state index contributed by atoms with van der Waals surface area (Å²) >= 11 is 0. The van der Waals surface area contributed by atoms with E-state index in [9.17, 15) is 18.6 Å².